The lowest BCUT2D eigenvalue weighted by atomic mass is 10.4. The quantitative estimate of drug-likeness (QED) is 0.714. The van der Waals surface area contributed by atoms with Crippen LogP contribution in [0.4, 0.5) is 0 Å². The highest BCUT2D eigenvalue weighted by Gasteiger charge is 2.03. The molecule has 2 aromatic rings. The zero-order chi connectivity index (χ0) is 8.55. The number of rotatable bonds is 1. The van der Waals surface area contributed by atoms with Crippen LogP contribution in [0.3, 0.4) is 0 Å². The van der Waals surface area contributed by atoms with Gasteiger partial charge in [-0.2, -0.15) is 5.10 Å². The van der Waals surface area contributed by atoms with E-state index in [-0.39, 0.29) is 6.61 Å². The third-order valence-corrected chi connectivity index (χ3v) is 1.85. The van der Waals surface area contributed by atoms with Crippen molar-refractivity contribution >= 4 is 17.1 Å². The zero-order valence-electron chi connectivity index (χ0n) is 6.11. The van der Waals surface area contributed by atoms with Gasteiger partial charge < -0.3 is 5.11 Å². The number of aliphatic hydroxyl groups excluding tert-OH is 1. The average molecular weight is 184 g/mol. The predicted octanol–water partition coefficient (Wildman–Crippen LogP) is 0.875. The summed E-state index contributed by atoms with van der Waals surface area (Å²) in [6, 6.07) is 1.70. The molecule has 2 rings (SSSR count). The van der Waals surface area contributed by atoms with Gasteiger partial charge in [-0.25, -0.2) is 9.50 Å². The summed E-state index contributed by atoms with van der Waals surface area (Å²) < 4.78 is 1.58. The van der Waals surface area contributed by atoms with Gasteiger partial charge in [-0.3, -0.25) is 0 Å². The zero-order valence-corrected chi connectivity index (χ0v) is 6.86. The molecule has 0 fully saturated rings. The molecule has 4 nitrogen and oxygen atoms in total. The molecular formula is C7H6ClN3O. The summed E-state index contributed by atoms with van der Waals surface area (Å²) in [6.45, 7) is -0.0853. The molecule has 0 atom stereocenters. The first-order valence-corrected chi connectivity index (χ1v) is 3.78. The minimum absolute atomic E-state index is 0.0853. The van der Waals surface area contributed by atoms with Gasteiger partial charge in [0.05, 0.1) is 12.3 Å². The van der Waals surface area contributed by atoms with Crippen molar-refractivity contribution in [3.63, 3.8) is 0 Å². The molecule has 2 aromatic heterocycles. The Balaban J connectivity index is 2.74. The van der Waals surface area contributed by atoms with Crippen molar-refractivity contribution in [2.24, 2.45) is 0 Å². The fourth-order valence-corrected chi connectivity index (χ4v) is 1.22. The van der Waals surface area contributed by atoms with Crippen LogP contribution in [0.2, 0.25) is 5.15 Å². The Morgan fingerprint density at radius 2 is 2.42 bits per heavy atom. The van der Waals surface area contributed by atoms with Crippen LogP contribution >= 0.6 is 11.6 Å². The third-order valence-electron chi connectivity index (χ3n) is 1.56. The van der Waals surface area contributed by atoms with Gasteiger partial charge in [-0.05, 0) is 6.07 Å². The molecule has 12 heavy (non-hydrogen) atoms. The van der Waals surface area contributed by atoms with E-state index >= 15 is 0 Å². The Kier molecular flexibility index (Phi) is 1.71. The van der Waals surface area contributed by atoms with E-state index in [2.05, 4.69) is 10.1 Å². The molecule has 0 saturated carbocycles. The van der Waals surface area contributed by atoms with Crippen LogP contribution < -0.4 is 0 Å². The first-order chi connectivity index (χ1) is 5.81. The van der Waals surface area contributed by atoms with Crippen molar-refractivity contribution in [2.45, 2.75) is 6.61 Å². The minimum Gasteiger partial charge on any atom is -0.390 e. The summed E-state index contributed by atoms with van der Waals surface area (Å²) in [5.74, 6) is 0. The monoisotopic (exact) mass is 183 g/mol. The van der Waals surface area contributed by atoms with Crippen molar-refractivity contribution in [1.29, 1.82) is 0 Å². The van der Waals surface area contributed by atoms with E-state index < -0.39 is 0 Å². The van der Waals surface area contributed by atoms with Gasteiger partial charge in [0.2, 0.25) is 0 Å². The molecule has 0 amide bonds. The van der Waals surface area contributed by atoms with Crippen LogP contribution in [0.15, 0.2) is 18.5 Å². The number of hydrogen-bond donors (Lipinski definition) is 1. The SMILES string of the molecule is OCc1cc2c(Cl)nccn2n1. The van der Waals surface area contributed by atoms with Gasteiger partial charge in [0.1, 0.15) is 5.52 Å². The maximum atomic E-state index is 8.79. The maximum Gasteiger partial charge on any atom is 0.154 e. The summed E-state index contributed by atoms with van der Waals surface area (Å²) in [6.07, 6.45) is 3.24. The van der Waals surface area contributed by atoms with Crippen molar-refractivity contribution in [3.05, 3.63) is 29.3 Å². The molecular weight excluding hydrogens is 178 g/mol. The molecule has 0 saturated heterocycles. The highest BCUT2D eigenvalue weighted by molar-refractivity contribution is 6.32. The number of fused-ring (bicyclic) bond motifs is 1. The van der Waals surface area contributed by atoms with Gasteiger partial charge in [-0.15, -0.1) is 0 Å². The molecule has 0 aromatic carbocycles. The van der Waals surface area contributed by atoms with Crippen LogP contribution in [0.1, 0.15) is 5.69 Å². The van der Waals surface area contributed by atoms with E-state index in [4.69, 9.17) is 16.7 Å². The lowest BCUT2D eigenvalue weighted by Crippen LogP contribution is -1.89. The molecule has 0 radical (unpaired) electrons. The smallest absolute Gasteiger partial charge is 0.154 e. The topological polar surface area (TPSA) is 50.4 Å². The number of aliphatic hydroxyl groups is 1. The highest BCUT2D eigenvalue weighted by atomic mass is 35.5. The Morgan fingerprint density at radius 1 is 1.58 bits per heavy atom. The van der Waals surface area contributed by atoms with E-state index in [0.29, 0.717) is 16.4 Å². The Morgan fingerprint density at radius 3 is 3.08 bits per heavy atom. The van der Waals surface area contributed by atoms with E-state index in [1.54, 1.807) is 23.0 Å². The van der Waals surface area contributed by atoms with Crippen LogP contribution in [-0.4, -0.2) is 19.7 Å². The fraction of sp³-hybridized carbons (Fsp3) is 0.143. The lowest BCUT2D eigenvalue weighted by molar-refractivity contribution is 0.276. The fourth-order valence-electron chi connectivity index (χ4n) is 1.02. The molecule has 0 bridgehead atoms. The minimum atomic E-state index is -0.0853. The first kappa shape index (κ1) is 7.52. The van der Waals surface area contributed by atoms with Crippen molar-refractivity contribution in [3.8, 4) is 0 Å². The molecule has 0 aliphatic carbocycles. The van der Waals surface area contributed by atoms with Crippen LogP contribution in [0, 0.1) is 0 Å². The van der Waals surface area contributed by atoms with Crippen molar-refractivity contribution < 1.29 is 5.11 Å². The summed E-state index contributed by atoms with van der Waals surface area (Å²) in [5, 5.41) is 13.2. The largest absolute Gasteiger partial charge is 0.390 e. The summed E-state index contributed by atoms with van der Waals surface area (Å²) in [4.78, 5) is 3.88. The number of halogens is 1. The number of nitrogens with zero attached hydrogens (tertiary/aromatic N) is 3. The summed E-state index contributed by atoms with van der Waals surface area (Å²) >= 11 is 5.77. The van der Waals surface area contributed by atoms with Gasteiger partial charge in [0.15, 0.2) is 5.15 Å². The molecule has 1 N–H and O–H groups in total. The van der Waals surface area contributed by atoms with Gasteiger partial charge in [-0.1, -0.05) is 11.6 Å². The number of aromatic nitrogens is 3. The molecule has 0 aliphatic heterocycles. The van der Waals surface area contributed by atoms with Gasteiger partial charge in [0.25, 0.3) is 0 Å². The average Bonchev–Trinajstić information content (AvgIpc) is 2.49. The predicted molar refractivity (Wildman–Crippen MR) is 43.9 cm³/mol. The first-order valence-electron chi connectivity index (χ1n) is 3.41. The Bertz CT molecular complexity index is 412. The molecule has 0 spiro atoms. The summed E-state index contributed by atoms with van der Waals surface area (Å²) in [7, 11) is 0. The number of hydrogen-bond acceptors (Lipinski definition) is 3. The second kappa shape index (κ2) is 2.73. The maximum absolute atomic E-state index is 8.79. The van der Waals surface area contributed by atoms with Gasteiger partial charge in [0, 0.05) is 12.4 Å². The second-order valence-electron chi connectivity index (χ2n) is 2.34. The molecule has 0 unspecified atom stereocenters. The van der Waals surface area contributed by atoms with Crippen molar-refractivity contribution in [1.82, 2.24) is 14.6 Å². The third kappa shape index (κ3) is 1.05. The van der Waals surface area contributed by atoms with Crippen LogP contribution in [0.25, 0.3) is 5.52 Å². The van der Waals surface area contributed by atoms with Crippen LogP contribution in [-0.2, 0) is 6.61 Å². The molecule has 62 valence electrons. The molecule has 2 heterocycles. The standard InChI is InChI=1S/C7H6ClN3O/c8-7-6-3-5(4-12)10-11(6)2-1-9-7/h1-3,12H,4H2. The second-order valence-corrected chi connectivity index (χ2v) is 2.70. The molecule has 5 heteroatoms. The van der Waals surface area contributed by atoms with Crippen molar-refractivity contribution in [2.75, 3.05) is 0 Å². The highest BCUT2D eigenvalue weighted by Crippen LogP contribution is 2.14. The lowest BCUT2D eigenvalue weighted by Gasteiger charge is -1.91. The summed E-state index contributed by atoms with van der Waals surface area (Å²) in [5.41, 5.74) is 1.30. The van der Waals surface area contributed by atoms with Gasteiger partial charge >= 0.3 is 0 Å². The van der Waals surface area contributed by atoms with Crippen LogP contribution in [0.5, 0.6) is 0 Å². The Hall–Kier alpha value is -1.13. The Labute approximate surface area is 73.4 Å². The molecule has 0 aliphatic rings. The van der Waals surface area contributed by atoms with E-state index in [1.807, 2.05) is 0 Å². The van der Waals surface area contributed by atoms with E-state index in [0.717, 1.165) is 0 Å². The van der Waals surface area contributed by atoms with E-state index in [1.165, 1.54) is 0 Å². The van der Waals surface area contributed by atoms with E-state index in [9.17, 15) is 0 Å². The normalized spacial score (nSPS) is 10.8.